The quantitative estimate of drug-likeness (QED) is 0.463. The van der Waals surface area contributed by atoms with Crippen molar-refractivity contribution in [2.45, 2.75) is 33.1 Å². The third kappa shape index (κ3) is 5.97. The van der Waals surface area contributed by atoms with E-state index in [1.54, 1.807) is 6.08 Å². The highest BCUT2D eigenvalue weighted by molar-refractivity contribution is 8.26. The molecule has 0 radical (unpaired) electrons. The van der Waals surface area contributed by atoms with Crippen molar-refractivity contribution in [2.24, 2.45) is 0 Å². The molecule has 0 spiro atoms. The van der Waals surface area contributed by atoms with Crippen LogP contribution in [0.3, 0.4) is 0 Å². The molecule has 1 aromatic rings. The average molecular weight is 410 g/mol. The molecule has 1 amide bonds. The van der Waals surface area contributed by atoms with E-state index >= 15 is 0 Å². The zero-order valence-corrected chi connectivity index (χ0v) is 17.0. The van der Waals surface area contributed by atoms with Crippen LogP contribution in [0.5, 0.6) is 11.5 Å². The molecule has 0 aliphatic carbocycles. The van der Waals surface area contributed by atoms with Gasteiger partial charge in [-0.25, -0.2) is 0 Å². The normalized spacial score (nSPS) is 15.5. The predicted molar refractivity (Wildman–Crippen MR) is 110 cm³/mol. The molecule has 27 heavy (non-hydrogen) atoms. The molecular weight excluding hydrogens is 386 g/mol. The molecule has 0 saturated carbocycles. The number of thiocarbonyl (C=S) groups is 1. The molecule has 1 aliphatic rings. The lowest BCUT2D eigenvalue weighted by atomic mass is 10.2. The molecule has 0 aromatic heterocycles. The fourth-order valence-corrected chi connectivity index (χ4v) is 3.76. The molecule has 146 valence electrons. The maximum absolute atomic E-state index is 12.6. The Kier molecular flexibility index (Phi) is 8.12. The molecule has 1 aromatic carbocycles. The van der Waals surface area contributed by atoms with Crippen LogP contribution in [0.2, 0.25) is 0 Å². The third-order valence-electron chi connectivity index (χ3n) is 3.67. The number of carbonyl (C=O) groups is 2. The number of aliphatic carboxylic acids is 1. The Bertz CT molecular complexity index is 748. The van der Waals surface area contributed by atoms with E-state index in [1.807, 2.05) is 32.0 Å². The molecule has 0 unspecified atom stereocenters. The molecule has 1 saturated heterocycles. The molecule has 0 atom stereocenters. The number of benzene rings is 1. The van der Waals surface area contributed by atoms with E-state index in [2.05, 4.69) is 0 Å². The van der Waals surface area contributed by atoms with Gasteiger partial charge in [0.05, 0.1) is 18.1 Å². The third-order valence-corrected chi connectivity index (χ3v) is 5.05. The molecule has 0 bridgehead atoms. The molecule has 8 heteroatoms. The van der Waals surface area contributed by atoms with E-state index < -0.39 is 5.97 Å². The molecule has 1 heterocycles. The largest absolute Gasteiger partial charge is 0.490 e. The topological polar surface area (TPSA) is 76.1 Å². The number of thioether (sulfide) groups is 1. The van der Waals surface area contributed by atoms with Crippen LogP contribution in [0.25, 0.3) is 6.08 Å². The summed E-state index contributed by atoms with van der Waals surface area (Å²) >= 11 is 6.48. The predicted octanol–water partition coefficient (Wildman–Crippen LogP) is 3.94. The summed E-state index contributed by atoms with van der Waals surface area (Å²) in [5.41, 5.74) is 0.813. The van der Waals surface area contributed by atoms with Gasteiger partial charge in [0, 0.05) is 13.0 Å². The van der Waals surface area contributed by atoms with Gasteiger partial charge in [0.1, 0.15) is 4.32 Å². The van der Waals surface area contributed by atoms with E-state index in [4.69, 9.17) is 26.8 Å². The van der Waals surface area contributed by atoms with Crippen LogP contribution in [-0.2, 0) is 9.59 Å². The number of carbonyl (C=O) groups excluding carboxylic acids is 1. The van der Waals surface area contributed by atoms with Crippen molar-refractivity contribution in [1.29, 1.82) is 0 Å². The molecular formula is C19H23NO5S2. The first-order valence-corrected chi connectivity index (χ1v) is 10.1. The Morgan fingerprint density at radius 3 is 2.74 bits per heavy atom. The second kappa shape index (κ2) is 10.3. The van der Waals surface area contributed by atoms with Gasteiger partial charge in [-0.3, -0.25) is 14.5 Å². The van der Waals surface area contributed by atoms with Crippen LogP contribution in [-0.4, -0.2) is 46.0 Å². The Labute approximate surface area is 168 Å². The van der Waals surface area contributed by atoms with Crippen molar-refractivity contribution >= 4 is 46.3 Å². The van der Waals surface area contributed by atoms with Crippen LogP contribution in [0, 0.1) is 0 Å². The number of hydrogen-bond acceptors (Lipinski definition) is 6. The smallest absolute Gasteiger partial charge is 0.303 e. The second-order valence-corrected chi connectivity index (χ2v) is 7.49. The highest BCUT2D eigenvalue weighted by atomic mass is 32.2. The van der Waals surface area contributed by atoms with Crippen molar-refractivity contribution in [3.63, 3.8) is 0 Å². The molecule has 1 N–H and O–H groups in total. The average Bonchev–Trinajstić information content (AvgIpc) is 2.88. The summed E-state index contributed by atoms with van der Waals surface area (Å²) < 4.78 is 11.8. The number of carboxylic acid groups (broad SMARTS) is 1. The number of hydrogen-bond donors (Lipinski definition) is 1. The van der Waals surface area contributed by atoms with Crippen molar-refractivity contribution in [2.75, 3.05) is 19.8 Å². The minimum atomic E-state index is -0.884. The van der Waals surface area contributed by atoms with Gasteiger partial charge in [0.2, 0.25) is 0 Å². The van der Waals surface area contributed by atoms with Crippen LogP contribution in [0.1, 0.15) is 38.7 Å². The van der Waals surface area contributed by atoms with Gasteiger partial charge in [-0.2, -0.15) is 0 Å². The van der Waals surface area contributed by atoms with E-state index in [0.29, 0.717) is 46.9 Å². The standard InChI is InChI=1S/C19H23NO5S2/c1-3-10-25-14-8-7-13(11-15(14)24-4-2)12-16-18(23)20(19(26)27-16)9-5-6-17(21)22/h7-8,11-12H,3-6,9-10H2,1-2H3,(H,21,22)/b16-12-. The van der Waals surface area contributed by atoms with Gasteiger partial charge < -0.3 is 14.6 Å². The van der Waals surface area contributed by atoms with Gasteiger partial charge in [-0.1, -0.05) is 37.0 Å². The number of ether oxygens (including phenoxy) is 2. The Morgan fingerprint density at radius 1 is 1.30 bits per heavy atom. The Morgan fingerprint density at radius 2 is 2.07 bits per heavy atom. The highest BCUT2D eigenvalue weighted by Gasteiger charge is 2.31. The number of rotatable bonds is 10. The maximum Gasteiger partial charge on any atom is 0.303 e. The summed E-state index contributed by atoms with van der Waals surface area (Å²) in [7, 11) is 0. The Balaban J connectivity index is 2.15. The van der Waals surface area contributed by atoms with Gasteiger partial charge >= 0.3 is 5.97 Å². The summed E-state index contributed by atoms with van der Waals surface area (Å²) in [5.74, 6) is 0.234. The monoisotopic (exact) mass is 409 g/mol. The Hall–Kier alpha value is -2.06. The number of nitrogens with zero attached hydrogens (tertiary/aromatic N) is 1. The summed E-state index contributed by atoms with van der Waals surface area (Å²) in [6.07, 6.45) is 3.04. The van der Waals surface area contributed by atoms with Crippen LogP contribution in [0.15, 0.2) is 23.1 Å². The summed E-state index contributed by atoms with van der Waals surface area (Å²) in [6.45, 7) is 5.36. The van der Waals surface area contributed by atoms with Crippen molar-refractivity contribution in [3.8, 4) is 11.5 Å². The lowest BCUT2D eigenvalue weighted by Crippen LogP contribution is -2.29. The van der Waals surface area contributed by atoms with Gasteiger partial charge in [0.15, 0.2) is 11.5 Å². The fourth-order valence-electron chi connectivity index (χ4n) is 2.45. The fraction of sp³-hybridized carbons (Fsp3) is 0.421. The van der Waals surface area contributed by atoms with E-state index in [1.165, 1.54) is 16.7 Å². The minimum absolute atomic E-state index is 0.00699. The van der Waals surface area contributed by atoms with E-state index in [-0.39, 0.29) is 12.3 Å². The molecule has 6 nitrogen and oxygen atoms in total. The highest BCUT2D eigenvalue weighted by Crippen LogP contribution is 2.35. The zero-order valence-electron chi connectivity index (χ0n) is 15.4. The van der Waals surface area contributed by atoms with Gasteiger partial charge in [0.25, 0.3) is 5.91 Å². The molecule has 2 rings (SSSR count). The summed E-state index contributed by atoms with van der Waals surface area (Å²) in [5, 5.41) is 8.74. The van der Waals surface area contributed by atoms with E-state index in [0.717, 1.165) is 12.0 Å². The summed E-state index contributed by atoms with van der Waals surface area (Å²) in [4.78, 5) is 25.2. The number of amides is 1. The minimum Gasteiger partial charge on any atom is -0.490 e. The van der Waals surface area contributed by atoms with Crippen LogP contribution < -0.4 is 9.47 Å². The second-order valence-electron chi connectivity index (χ2n) is 5.82. The van der Waals surface area contributed by atoms with E-state index in [9.17, 15) is 9.59 Å². The van der Waals surface area contributed by atoms with Gasteiger partial charge in [-0.05, 0) is 43.5 Å². The first kappa shape index (κ1) is 21.2. The zero-order chi connectivity index (χ0) is 19.8. The molecule has 1 fully saturated rings. The lowest BCUT2D eigenvalue weighted by molar-refractivity contribution is -0.137. The van der Waals surface area contributed by atoms with Crippen LogP contribution >= 0.6 is 24.0 Å². The molecule has 1 aliphatic heterocycles. The van der Waals surface area contributed by atoms with Crippen LogP contribution in [0.4, 0.5) is 0 Å². The lowest BCUT2D eigenvalue weighted by Gasteiger charge is -2.13. The maximum atomic E-state index is 12.6. The van der Waals surface area contributed by atoms with Gasteiger partial charge in [-0.15, -0.1) is 0 Å². The van der Waals surface area contributed by atoms with Crippen molar-refractivity contribution < 1.29 is 24.2 Å². The SMILES string of the molecule is CCCOc1ccc(/C=C2\SC(=S)N(CCCC(=O)O)C2=O)cc1OCC. The first-order chi connectivity index (χ1) is 13.0. The first-order valence-electron chi connectivity index (χ1n) is 8.83. The summed E-state index contributed by atoms with van der Waals surface area (Å²) in [6, 6.07) is 5.54. The number of carboxylic acids is 1. The van der Waals surface area contributed by atoms with Crippen molar-refractivity contribution in [1.82, 2.24) is 4.90 Å². The van der Waals surface area contributed by atoms with Crippen molar-refractivity contribution in [3.05, 3.63) is 28.7 Å².